The zero-order valence-corrected chi connectivity index (χ0v) is 9.18. The van der Waals surface area contributed by atoms with Gasteiger partial charge in [0.2, 0.25) is 5.89 Å². The summed E-state index contributed by atoms with van der Waals surface area (Å²) >= 11 is 0. The summed E-state index contributed by atoms with van der Waals surface area (Å²) in [4.78, 5) is 12.0. The fraction of sp³-hybridized carbons (Fsp3) is 0.364. The molecular weight excluding hydrogens is 204 g/mol. The molecule has 0 aromatic carbocycles. The van der Waals surface area contributed by atoms with Crippen LogP contribution < -0.4 is 5.32 Å². The minimum Gasteiger partial charge on any atom is -0.444 e. The van der Waals surface area contributed by atoms with E-state index in [0.29, 0.717) is 19.0 Å². The zero-order valence-electron chi connectivity index (χ0n) is 9.18. The molecule has 84 valence electrons. The summed E-state index contributed by atoms with van der Waals surface area (Å²) < 4.78 is 5.47. The topological polar surface area (TPSA) is 63.8 Å². The van der Waals surface area contributed by atoms with Crippen molar-refractivity contribution in [2.75, 3.05) is 0 Å². The van der Waals surface area contributed by atoms with Gasteiger partial charge in [0.15, 0.2) is 0 Å². The Kier molecular flexibility index (Phi) is 3.61. The van der Waals surface area contributed by atoms with E-state index >= 15 is 0 Å². The first-order valence-electron chi connectivity index (χ1n) is 5.26. The lowest BCUT2D eigenvalue weighted by Gasteiger charge is -2.00. The molecule has 0 atom stereocenters. The van der Waals surface area contributed by atoms with Crippen molar-refractivity contribution < 1.29 is 4.42 Å². The van der Waals surface area contributed by atoms with Crippen LogP contribution in [0.2, 0.25) is 0 Å². The van der Waals surface area contributed by atoms with Gasteiger partial charge < -0.3 is 9.73 Å². The monoisotopic (exact) mass is 218 g/mol. The Morgan fingerprint density at radius 2 is 2.00 bits per heavy atom. The van der Waals surface area contributed by atoms with Crippen molar-refractivity contribution in [3.8, 4) is 0 Å². The molecule has 2 heterocycles. The summed E-state index contributed by atoms with van der Waals surface area (Å²) in [5.41, 5.74) is 1.05. The summed E-state index contributed by atoms with van der Waals surface area (Å²) in [5, 5.41) is 3.22. The van der Waals surface area contributed by atoms with Gasteiger partial charge in [-0.2, -0.15) is 0 Å². The lowest BCUT2D eigenvalue weighted by Crippen LogP contribution is -2.13. The van der Waals surface area contributed by atoms with Gasteiger partial charge in [-0.3, -0.25) is 0 Å². The van der Waals surface area contributed by atoms with E-state index in [1.54, 1.807) is 18.6 Å². The average molecular weight is 218 g/mol. The fourth-order valence-corrected chi connectivity index (χ4v) is 1.33. The molecule has 0 bridgehead atoms. The molecular formula is C11H14N4O. The van der Waals surface area contributed by atoms with E-state index in [2.05, 4.69) is 20.3 Å². The summed E-state index contributed by atoms with van der Waals surface area (Å²) in [7, 11) is 0. The van der Waals surface area contributed by atoms with Crippen molar-refractivity contribution in [3.63, 3.8) is 0 Å². The molecule has 0 unspecified atom stereocenters. The maximum atomic E-state index is 5.47. The van der Waals surface area contributed by atoms with Gasteiger partial charge in [0, 0.05) is 30.9 Å². The molecule has 0 fully saturated rings. The lowest BCUT2D eigenvalue weighted by atomic mass is 10.3. The van der Waals surface area contributed by atoms with Gasteiger partial charge in [0.05, 0.1) is 12.7 Å². The third-order valence-corrected chi connectivity index (χ3v) is 2.17. The van der Waals surface area contributed by atoms with Crippen LogP contribution in [0.3, 0.4) is 0 Å². The Morgan fingerprint density at radius 3 is 2.69 bits per heavy atom. The maximum absolute atomic E-state index is 5.47. The zero-order chi connectivity index (χ0) is 11.2. The average Bonchev–Trinajstić information content (AvgIpc) is 2.78. The van der Waals surface area contributed by atoms with Gasteiger partial charge >= 0.3 is 0 Å². The number of hydrogen-bond donors (Lipinski definition) is 1. The van der Waals surface area contributed by atoms with Crippen LogP contribution in [0.25, 0.3) is 0 Å². The molecule has 0 aliphatic carbocycles. The van der Waals surface area contributed by atoms with E-state index in [9.17, 15) is 0 Å². The molecule has 0 amide bonds. The van der Waals surface area contributed by atoms with Crippen molar-refractivity contribution in [2.45, 2.75) is 26.4 Å². The van der Waals surface area contributed by atoms with E-state index < -0.39 is 0 Å². The van der Waals surface area contributed by atoms with E-state index in [4.69, 9.17) is 4.42 Å². The number of oxazole rings is 1. The van der Waals surface area contributed by atoms with Crippen LogP contribution in [0.4, 0.5) is 0 Å². The molecule has 5 heteroatoms. The van der Waals surface area contributed by atoms with E-state index in [-0.39, 0.29) is 0 Å². The van der Waals surface area contributed by atoms with Gasteiger partial charge in [0.1, 0.15) is 12.1 Å². The highest BCUT2D eigenvalue weighted by atomic mass is 16.4. The molecule has 0 radical (unpaired) electrons. The number of aromatic nitrogens is 3. The standard InChI is InChI=1S/C11H14N4O/c1-2-10-6-15-11(16-10)7-12-3-9-4-13-8-14-5-9/h4-6,8,12H,2-3,7H2,1H3. The van der Waals surface area contributed by atoms with E-state index in [0.717, 1.165) is 17.7 Å². The molecule has 0 spiro atoms. The second-order valence-corrected chi connectivity index (χ2v) is 3.42. The smallest absolute Gasteiger partial charge is 0.208 e. The largest absolute Gasteiger partial charge is 0.444 e. The second-order valence-electron chi connectivity index (χ2n) is 3.42. The Hall–Kier alpha value is -1.75. The summed E-state index contributed by atoms with van der Waals surface area (Å²) in [5.74, 6) is 1.63. The van der Waals surface area contributed by atoms with Crippen LogP contribution in [-0.4, -0.2) is 15.0 Å². The lowest BCUT2D eigenvalue weighted by molar-refractivity contribution is 0.439. The Balaban J connectivity index is 1.80. The number of nitrogens with zero attached hydrogens (tertiary/aromatic N) is 3. The third kappa shape index (κ3) is 2.87. The summed E-state index contributed by atoms with van der Waals surface area (Å²) in [6, 6.07) is 0. The molecule has 2 rings (SSSR count). The predicted molar refractivity (Wildman–Crippen MR) is 58.5 cm³/mol. The van der Waals surface area contributed by atoms with Crippen molar-refractivity contribution in [2.24, 2.45) is 0 Å². The highest BCUT2D eigenvalue weighted by molar-refractivity contribution is 5.01. The molecule has 0 saturated heterocycles. The number of aryl methyl sites for hydroxylation is 1. The SMILES string of the molecule is CCc1cnc(CNCc2cncnc2)o1. The van der Waals surface area contributed by atoms with Crippen molar-refractivity contribution in [1.29, 1.82) is 0 Å². The molecule has 16 heavy (non-hydrogen) atoms. The fourth-order valence-electron chi connectivity index (χ4n) is 1.33. The Morgan fingerprint density at radius 1 is 1.19 bits per heavy atom. The second kappa shape index (κ2) is 5.37. The molecule has 2 aromatic rings. The Bertz CT molecular complexity index is 427. The minimum absolute atomic E-state index is 0.620. The predicted octanol–water partition coefficient (Wildman–Crippen LogP) is 1.32. The number of rotatable bonds is 5. The quantitative estimate of drug-likeness (QED) is 0.819. The van der Waals surface area contributed by atoms with Crippen LogP contribution >= 0.6 is 0 Å². The first-order chi connectivity index (χ1) is 7.88. The van der Waals surface area contributed by atoms with Crippen LogP contribution in [0.5, 0.6) is 0 Å². The first kappa shape index (κ1) is 10.8. The van der Waals surface area contributed by atoms with Gasteiger partial charge in [-0.1, -0.05) is 6.92 Å². The molecule has 5 nitrogen and oxygen atoms in total. The van der Waals surface area contributed by atoms with Crippen LogP contribution in [0.15, 0.2) is 29.3 Å². The van der Waals surface area contributed by atoms with Gasteiger partial charge in [-0.05, 0) is 0 Å². The van der Waals surface area contributed by atoms with Gasteiger partial charge in [-0.15, -0.1) is 0 Å². The maximum Gasteiger partial charge on any atom is 0.208 e. The number of hydrogen-bond acceptors (Lipinski definition) is 5. The molecule has 0 aliphatic heterocycles. The normalized spacial score (nSPS) is 10.6. The molecule has 1 N–H and O–H groups in total. The van der Waals surface area contributed by atoms with Crippen molar-refractivity contribution in [3.05, 3.63) is 42.1 Å². The molecule has 2 aromatic heterocycles. The number of nitrogens with one attached hydrogen (secondary N) is 1. The summed E-state index contributed by atoms with van der Waals surface area (Å²) in [6.07, 6.45) is 7.73. The Labute approximate surface area is 94.0 Å². The molecule has 0 aliphatic rings. The van der Waals surface area contributed by atoms with Crippen molar-refractivity contribution in [1.82, 2.24) is 20.3 Å². The minimum atomic E-state index is 0.620. The van der Waals surface area contributed by atoms with Crippen LogP contribution in [0.1, 0.15) is 24.1 Å². The van der Waals surface area contributed by atoms with E-state index in [1.807, 2.05) is 6.92 Å². The third-order valence-electron chi connectivity index (χ3n) is 2.17. The van der Waals surface area contributed by atoms with Gasteiger partial charge in [-0.25, -0.2) is 15.0 Å². The highest BCUT2D eigenvalue weighted by Crippen LogP contribution is 2.03. The molecule has 0 saturated carbocycles. The highest BCUT2D eigenvalue weighted by Gasteiger charge is 2.01. The van der Waals surface area contributed by atoms with Gasteiger partial charge in [0.25, 0.3) is 0 Å². The van der Waals surface area contributed by atoms with Crippen LogP contribution in [0, 0.1) is 0 Å². The summed E-state index contributed by atoms with van der Waals surface area (Å²) in [6.45, 7) is 3.37. The van der Waals surface area contributed by atoms with Crippen molar-refractivity contribution >= 4 is 0 Å². The first-order valence-corrected chi connectivity index (χ1v) is 5.26. The van der Waals surface area contributed by atoms with Crippen LogP contribution in [-0.2, 0) is 19.5 Å². The van der Waals surface area contributed by atoms with E-state index in [1.165, 1.54) is 6.33 Å².